The molecule has 0 aliphatic heterocycles. The predicted octanol–water partition coefficient (Wildman–Crippen LogP) is 7.58. The van der Waals surface area contributed by atoms with Gasteiger partial charge in [0, 0.05) is 18.1 Å². The molecule has 3 rings (SSSR count). The summed E-state index contributed by atoms with van der Waals surface area (Å²) in [6.07, 6.45) is -4.52. The molecule has 0 fully saturated rings. The SMILES string of the molecule is CCC(=O)C(C#N)(Oc1cc(Oc2ccc(C(F)(F)F)cc2Cl)ccc1Cl)c1ccccc1. The maximum absolute atomic E-state index is 12.9. The summed E-state index contributed by atoms with van der Waals surface area (Å²) >= 11 is 12.2. The van der Waals surface area contributed by atoms with Crippen LogP contribution >= 0.6 is 23.2 Å². The van der Waals surface area contributed by atoms with Gasteiger partial charge < -0.3 is 9.47 Å². The molecule has 3 aromatic carbocycles. The molecule has 0 bridgehead atoms. The molecule has 0 aliphatic carbocycles. The van der Waals surface area contributed by atoms with Gasteiger partial charge in [-0.25, -0.2) is 0 Å². The molecule has 0 N–H and O–H groups in total. The van der Waals surface area contributed by atoms with Crippen LogP contribution in [-0.2, 0) is 16.6 Å². The van der Waals surface area contributed by atoms with Crippen molar-refractivity contribution in [1.29, 1.82) is 5.26 Å². The topological polar surface area (TPSA) is 59.3 Å². The maximum Gasteiger partial charge on any atom is 0.416 e. The zero-order chi connectivity index (χ0) is 24.2. The number of rotatable bonds is 7. The number of benzene rings is 3. The Labute approximate surface area is 198 Å². The number of Topliss-reactive ketones (excluding diaryl/α,β-unsaturated/α-hetero) is 1. The normalized spacial score (nSPS) is 13.0. The number of alkyl halides is 3. The van der Waals surface area contributed by atoms with Crippen LogP contribution in [0.1, 0.15) is 24.5 Å². The second kappa shape index (κ2) is 9.74. The van der Waals surface area contributed by atoms with Crippen molar-refractivity contribution in [3.63, 3.8) is 0 Å². The van der Waals surface area contributed by atoms with E-state index in [1.165, 1.54) is 18.2 Å². The van der Waals surface area contributed by atoms with Crippen LogP contribution in [0.15, 0.2) is 66.7 Å². The number of nitriles is 1. The molecular formula is C24H16Cl2F3NO3. The molecule has 1 atom stereocenters. The van der Waals surface area contributed by atoms with Gasteiger partial charge in [0.2, 0.25) is 0 Å². The molecule has 0 spiro atoms. The Bertz CT molecular complexity index is 1210. The minimum Gasteiger partial charge on any atom is -0.459 e. The Balaban J connectivity index is 1.97. The lowest BCUT2D eigenvalue weighted by molar-refractivity contribution is -0.137. The lowest BCUT2D eigenvalue weighted by Crippen LogP contribution is -2.40. The van der Waals surface area contributed by atoms with E-state index < -0.39 is 23.1 Å². The summed E-state index contributed by atoms with van der Waals surface area (Å²) in [6.45, 7) is 1.61. The van der Waals surface area contributed by atoms with E-state index in [9.17, 15) is 23.2 Å². The minimum atomic E-state index is -4.55. The fraction of sp³-hybridized carbons (Fsp3) is 0.167. The largest absolute Gasteiger partial charge is 0.459 e. The molecule has 1 unspecified atom stereocenters. The van der Waals surface area contributed by atoms with E-state index in [0.717, 1.165) is 18.2 Å². The van der Waals surface area contributed by atoms with Crippen molar-refractivity contribution in [2.75, 3.05) is 0 Å². The number of hydrogen-bond acceptors (Lipinski definition) is 4. The fourth-order valence-corrected chi connectivity index (χ4v) is 3.40. The standard InChI is InChI=1S/C24H16Cl2F3NO3/c1-2-22(31)23(14-30,15-6-4-3-5-7-15)33-21-13-17(9-10-18(21)25)32-20-11-8-16(12-19(20)26)24(27,28)29/h3-13H,2H2,1H3. The van der Waals surface area contributed by atoms with E-state index in [1.54, 1.807) is 37.3 Å². The summed E-state index contributed by atoms with van der Waals surface area (Å²) in [5, 5.41) is 9.78. The predicted molar refractivity (Wildman–Crippen MR) is 118 cm³/mol. The Morgan fingerprint density at radius 1 is 0.939 bits per heavy atom. The zero-order valence-corrected chi connectivity index (χ0v) is 18.6. The molecule has 0 aliphatic rings. The Kier molecular flexibility index (Phi) is 7.21. The van der Waals surface area contributed by atoms with E-state index in [0.29, 0.717) is 5.56 Å². The highest BCUT2D eigenvalue weighted by atomic mass is 35.5. The third-order valence-electron chi connectivity index (χ3n) is 4.70. The minimum absolute atomic E-state index is 0.0237. The van der Waals surface area contributed by atoms with Crippen LogP contribution < -0.4 is 9.47 Å². The molecule has 0 saturated heterocycles. The van der Waals surface area contributed by atoms with Crippen LogP contribution in [-0.4, -0.2) is 5.78 Å². The summed E-state index contributed by atoms with van der Waals surface area (Å²) in [7, 11) is 0. The quantitative estimate of drug-likeness (QED) is 0.340. The number of hydrogen-bond donors (Lipinski definition) is 0. The molecule has 33 heavy (non-hydrogen) atoms. The molecule has 0 amide bonds. The summed E-state index contributed by atoms with van der Waals surface area (Å²) in [5.74, 6) is -0.411. The lowest BCUT2D eigenvalue weighted by Gasteiger charge is -2.27. The van der Waals surface area contributed by atoms with Crippen molar-refractivity contribution < 1.29 is 27.4 Å². The monoisotopic (exact) mass is 493 g/mol. The number of nitrogens with zero attached hydrogens (tertiary/aromatic N) is 1. The van der Waals surface area contributed by atoms with Crippen molar-refractivity contribution >= 4 is 29.0 Å². The number of carbonyl (C=O) groups excluding carboxylic acids is 1. The summed E-state index contributed by atoms with van der Waals surface area (Å²) in [5.41, 5.74) is -2.54. The van der Waals surface area contributed by atoms with E-state index >= 15 is 0 Å². The number of ether oxygens (including phenoxy) is 2. The van der Waals surface area contributed by atoms with Crippen molar-refractivity contribution in [3.05, 3.63) is 87.9 Å². The van der Waals surface area contributed by atoms with Crippen LogP contribution in [0.3, 0.4) is 0 Å². The zero-order valence-electron chi connectivity index (χ0n) is 17.1. The lowest BCUT2D eigenvalue weighted by atomic mass is 9.89. The Morgan fingerprint density at radius 3 is 2.21 bits per heavy atom. The van der Waals surface area contributed by atoms with Gasteiger partial charge in [0.15, 0.2) is 5.78 Å². The average Bonchev–Trinajstić information content (AvgIpc) is 2.80. The maximum atomic E-state index is 12.9. The summed E-state index contributed by atoms with van der Waals surface area (Å²) < 4.78 is 50.1. The van der Waals surface area contributed by atoms with Crippen LogP contribution in [0.25, 0.3) is 0 Å². The van der Waals surface area contributed by atoms with E-state index in [2.05, 4.69) is 0 Å². The first-order valence-corrected chi connectivity index (χ1v) is 10.4. The third kappa shape index (κ3) is 5.24. The van der Waals surface area contributed by atoms with Gasteiger partial charge in [0.1, 0.15) is 23.3 Å². The van der Waals surface area contributed by atoms with Gasteiger partial charge in [-0.15, -0.1) is 0 Å². The third-order valence-corrected chi connectivity index (χ3v) is 5.31. The second-order valence-corrected chi connectivity index (χ2v) is 7.69. The van der Waals surface area contributed by atoms with Crippen LogP contribution in [0.5, 0.6) is 17.2 Å². The van der Waals surface area contributed by atoms with Crippen molar-refractivity contribution in [2.24, 2.45) is 0 Å². The van der Waals surface area contributed by atoms with Crippen molar-refractivity contribution in [2.45, 2.75) is 25.1 Å². The first-order valence-electron chi connectivity index (χ1n) is 9.64. The van der Waals surface area contributed by atoms with Crippen LogP contribution in [0.4, 0.5) is 13.2 Å². The number of ketones is 1. The number of halogens is 5. The number of carbonyl (C=O) groups is 1. The Hall–Kier alpha value is -3.21. The molecule has 0 saturated carbocycles. The van der Waals surface area contributed by atoms with E-state index in [1.807, 2.05) is 6.07 Å². The molecule has 0 aromatic heterocycles. The Morgan fingerprint density at radius 2 is 1.64 bits per heavy atom. The van der Waals surface area contributed by atoms with Crippen molar-refractivity contribution in [3.8, 4) is 23.3 Å². The highest BCUT2D eigenvalue weighted by Gasteiger charge is 2.42. The van der Waals surface area contributed by atoms with E-state index in [4.69, 9.17) is 32.7 Å². The van der Waals surface area contributed by atoms with Gasteiger partial charge in [-0.05, 0) is 30.3 Å². The summed E-state index contributed by atoms with van der Waals surface area (Å²) in [6, 6.07) is 17.1. The van der Waals surface area contributed by atoms with Gasteiger partial charge in [-0.2, -0.15) is 18.4 Å². The highest BCUT2D eigenvalue weighted by molar-refractivity contribution is 6.32. The van der Waals surface area contributed by atoms with Gasteiger partial charge in [0.25, 0.3) is 5.60 Å². The average molecular weight is 494 g/mol. The van der Waals surface area contributed by atoms with Crippen molar-refractivity contribution in [1.82, 2.24) is 0 Å². The molecule has 170 valence electrons. The molecular weight excluding hydrogens is 478 g/mol. The van der Waals surface area contributed by atoms with Gasteiger partial charge in [0.05, 0.1) is 15.6 Å². The molecule has 3 aromatic rings. The van der Waals surface area contributed by atoms with E-state index in [-0.39, 0.29) is 33.7 Å². The summed E-state index contributed by atoms with van der Waals surface area (Å²) in [4.78, 5) is 12.8. The smallest absolute Gasteiger partial charge is 0.416 e. The molecule has 0 heterocycles. The highest BCUT2D eigenvalue weighted by Crippen LogP contribution is 2.40. The van der Waals surface area contributed by atoms with Crippen LogP contribution in [0.2, 0.25) is 10.0 Å². The molecule has 4 nitrogen and oxygen atoms in total. The van der Waals surface area contributed by atoms with Gasteiger partial charge >= 0.3 is 6.18 Å². The molecule has 0 radical (unpaired) electrons. The fourth-order valence-electron chi connectivity index (χ4n) is 3.03. The molecule has 9 heteroatoms. The second-order valence-electron chi connectivity index (χ2n) is 6.88. The van der Waals surface area contributed by atoms with Gasteiger partial charge in [-0.3, -0.25) is 4.79 Å². The van der Waals surface area contributed by atoms with Gasteiger partial charge in [-0.1, -0.05) is 60.5 Å². The van der Waals surface area contributed by atoms with Crippen LogP contribution in [0, 0.1) is 11.3 Å². The first kappa shape index (κ1) is 24.4. The first-order chi connectivity index (χ1) is 15.6.